The zero-order chi connectivity index (χ0) is 38.8. The van der Waals surface area contributed by atoms with E-state index in [0.717, 1.165) is 22.3 Å². The predicted octanol–water partition coefficient (Wildman–Crippen LogP) is 8.41. The van der Waals surface area contributed by atoms with E-state index >= 15 is 0 Å². The summed E-state index contributed by atoms with van der Waals surface area (Å²) in [4.78, 5) is 46.2. The van der Waals surface area contributed by atoms with E-state index in [1.54, 1.807) is 57.6 Å². The van der Waals surface area contributed by atoms with E-state index in [1.807, 2.05) is 89.5 Å². The summed E-state index contributed by atoms with van der Waals surface area (Å²) in [6.07, 6.45) is 2.63. The largest absolute Gasteiger partial charge is 0.459 e. The quantitative estimate of drug-likeness (QED) is 0.0905. The number of amides is 2. The lowest BCUT2D eigenvalue weighted by molar-refractivity contribution is -0.149. The molecule has 1 aromatic heterocycles. The van der Waals surface area contributed by atoms with Gasteiger partial charge in [-0.1, -0.05) is 145 Å². The fraction of sp³-hybridized carbons (Fsp3) is 0.200. The van der Waals surface area contributed by atoms with Gasteiger partial charge in [-0.2, -0.15) is 0 Å². The van der Waals surface area contributed by atoms with Gasteiger partial charge in [0.1, 0.15) is 29.8 Å². The van der Waals surface area contributed by atoms with Gasteiger partial charge in [-0.05, 0) is 60.7 Å². The Balaban J connectivity index is 1.42. The molecule has 0 radical (unpaired) electrons. The molecule has 0 aliphatic carbocycles. The summed E-state index contributed by atoms with van der Waals surface area (Å²) < 4.78 is 13.4. The van der Waals surface area contributed by atoms with E-state index < -0.39 is 41.2 Å². The van der Waals surface area contributed by atoms with Gasteiger partial charge >= 0.3 is 12.1 Å². The van der Waals surface area contributed by atoms with Crippen molar-refractivity contribution in [2.24, 2.45) is 0 Å². The summed E-state index contributed by atoms with van der Waals surface area (Å²) in [6, 6.07) is 43.6. The van der Waals surface area contributed by atoms with Crippen molar-refractivity contribution in [1.29, 1.82) is 0 Å². The van der Waals surface area contributed by atoms with Gasteiger partial charge in [0.25, 0.3) is 0 Å². The average Bonchev–Trinajstić information content (AvgIpc) is 3.65. The number of halogens is 1. The van der Waals surface area contributed by atoms with Crippen molar-refractivity contribution >= 4 is 29.6 Å². The molecule has 0 unspecified atom stereocenters. The molecule has 0 saturated carbocycles. The molecule has 6 rings (SSSR count). The van der Waals surface area contributed by atoms with Gasteiger partial charge in [0.15, 0.2) is 0 Å². The lowest BCUT2D eigenvalue weighted by atomic mass is 9.76. The number of rotatable bonds is 13. The number of benzene rings is 5. The molecule has 10 heteroatoms. The number of hydrogen-bond donors (Lipinski definition) is 2. The minimum absolute atomic E-state index is 0.00656. The van der Waals surface area contributed by atoms with Crippen molar-refractivity contribution < 1.29 is 23.9 Å². The van der Waals surface area contributed by atoms with Gasteiger partial charge in [-0.3, -0.25) is 4.79 Å². The number of ether oxygens (including phenoxy) is 2. The third kappa shape index (κ3) is 9.31. The first-order valence-corrected chi connectivity index (χ1v) is 18.4. The summed E-state index contributed by atoms with van der Waals surface area (Å²) >= 11 is 6.18. The summed E-state index contributed by atoms with van der Waals surface area (Å²) in [5, 5.41) is 6.05. The van der Waals surface area contributed by atoms with E-state index in [9.17, 15) is 14.4 Å². The molecule has 2 N–H and O–H groups in total. The molecule has 0 fully saturated rings. The average molecular weight is 755 g/mol. The second kappa shape index (κ2) is 17.3. The molecule has 280 valence electrons. The Morgan fingerprint density at radius 2 is 1.22 bits per heavy atom. The standard InChI is InChI=1S/C45H43ClN4O5/c1-44(2,3)55-43(53)49-40(33-24-26-37(46)27-25-33)41(51)48-39(42(52)54-30-32-16-8-4-9-17-32)28-38-29-47-31-50(38)45(34-18-10-5-11-19-34,35-20-12-6-13-21-35)36-22-14-7-15-23-36/h4-27,29,31,39-40H,28,30H2,1-3H3,(H,48,51)(H,49,53)/t39-,40-/m0/s1. The van der Waals surface area contributed by atoms with E-state index in [2.05, 4.69) is 52.0 Å². The second-order valence-electron chi connectivity index (χ2n) is 14.1. The van der Waals surface area contributed by atoms with E-state index in [1.165, 1.54) is 0 Å². The summed E-state index contributed by atoms with van der Waals surface area (Å²) in [5.41, 5.74) is 2.99. The maximum Gasteiger partial charge on any atom is 0.408 e. The minimum atomic E-state index is -1.24. The second-order valence-corrected chi connectivity index (χ2v) is 14.5. The van der Waals surface area contributed by atoms with Crippen LogP contribution >= 0.6 is 11.6 Å². The van der Waals surface area contributed by atoms with Gasteiger partial charge in [-0.15, -0.1) is 0 Å². The lowest BCUT2D eigenvalue weighted by Gasteiger charge is -2.39. The number of alkyl carbamates (subject to hydrolysis) is 1. The van der Waals surface area contributed by atoms with Crippen LogP contribution in [0, 0.1) is 0 Å². The Morgan fingerprint density at radius 1 is 0.709 bits per heavy atom. The molecule has 0 aliphatic heterocycles. The van der Waals surface area contributed by atoms with Crippen LogP contribution < -0.4 is 10.6 Å². The summed E-state index contributed by atoms with van der Waals surface area (Å²) in [7, 11) is 0. The fourth-order valence-corrected chi connectivity index (χ4v) is 6.72. The van der Waals surface area contributed by atoms with Crippen molar-refractivity contribution in [1.82, 2.24) is 20.2 Å². The number of hydrogen-bond acceptors (Lipinski definition) is 6. The van der Waals surface area contributed by atoms with Crippen molar-refractivity contribution in [3.63, 3.8) is 0 Å². The number of carbonyl (C=O) groups excluding carboxylic acids is 3. The molecule has 0 bridgehead atoms. The number of imidazole rings is 1. The number of aromatic nitrogens is 2. The van der Waals surface area contributed by atoms with E-state index in [-0.39, 0.29) is 13.0 Å². The topological polar surface area (TPSA) is 112 Å². The monoisotopic (exact) mass is 754 g/mol. The van der Waals surface area contributed by atoms with Crippen LogP contribution in [0.3, 0.4) is 0 Å². The van der Waals surface area contributed by atoms with Gasteiger partial charge in [-0.25, -0.2) is 14.6 Å². The van der Waals surface area contributed by atoms with E-state index in [0.29, 0.717) is 16.3 Å². The zero-order valence-corrected chi connectivity index (χ0v) is 31.6. The first-order valence-electron chi connectivity index (χ1n) is 18.0. The molecular formula is C45H43ClN4O5. The molecule has 2 atom stereocenters. The number of carbonyl (C=O) groups is 3. The number of esters is 1. The van der Waals surface area contributed by atoms with Crippen LogP contribution in [-0.2, 0) is 37.6 Å². The first-order chi connectivity index (χ1) is 26.5. The maximum atomic E-state index is 14.3. The Bertz CT molecular complexity index is 2080. The van der Waals surface area contributed by atoms with Crippen molar-refractivity contribution in [2.45, 2.75) is 57.0 Å². The Hall–Kier alpha value is -6.19. The van der Waals surface area contributed by atoms with Crippen molar-refractivity contribution in [3.05, 3.63) is 197 Å². The highest BCUT2D eigenvalue weighted by atomic mass is 35.5. The van der Waals surface area contributed by atoms with Crippen LogP contribution in [-0.4, -0.2) is 39.2 Å². The van der Waals surface area contributed by atoms with E-state index in [4.69, 9.17) is 21.1 Å². The summed E-state index contributed by atoms with van der Waals surface area (Å²) in [5.74, 6) is -1.32. The third-order valence-electron chi connectivity index (χ3n) is 9.02. The van der Waals surface area contributed by atoms with Crippen LogP contribution in [0.15, 0.2) is 158 Å². The molecule has 6 aromatic rings. The normalized spacial score (nSPS) is 12.6. The molecular weight excluding hydrogens is 712 g/mol. The summed E-state index contributed by atoms with van der Waals surface area (Å²) in [6.45, 7) is 5.18. The van der Waals surface area contributed by atoms with Crippen LogP contribution in [0.1, 0.15) is 60.3 Å². The highest BCUT2D eigenvalue weighted by Crippen LogP contribution is 2.41. The molecule has 0 spiro atoms. The SMILES string of the molecule is CC(C)(C)OC(=O)N[C@H](C(=O)N[C@@H](Cc1cncn1C(c1ccccc1)(c1ccccc1)c1ccccc1)C(=O)OCc1ccccc1)c1ccc(Cl)cc1. The fourth-order valence-electron chi connectivity index (χ4n) is 6.60. The van der Waals surface area contributed by atoms with Crippen molar-refractivity contribution in [3.8, 4) is 0 Å². The Labute approximate surface area is 326 Å². The third-order valence-corrected chi connectivity index (χ3v) is 9.27. The molecule has 1 heterocycles. The molecule has 5 aromatic carbocycles. The maximum absolute atomic E-state index is 14.3. The minimum Gasteiger partial charge on any atom is -0.459 e. The number of nitrogens with one attached hydrogen (secondary N) is 2. The smallest absolute Gasteiger partial charge is 0.408 e. The van der Waals surface area contributed by atoms with Gasteiger partial charge in [0.2, 0.25) is 5.91 Å². The lowest BCUT2D eigenvalue weighted by Crippen LogP contribution is -2.50. The highest BCUT2D eigenvalue weighted by Gasteiger charge is 2.40. The highest BCUT2D eigenvalue weighted by molar-refractivity contribution is 6.30. The van der Waals surface area contributed by atoms with Crippen LogP contribution in [0.25, 0.3) is 0 Å². The Morgan fingerprint density at radius 3 is 1.73 bits per heavy atom. The predicted molar refractivity (Wildman–Crippen MR) is 212 cm³/mol. The molecule has 0 saturated heterocycles. The number of nitrogens with zero attached hydrogens (tertiary/aromatic N) is 2. The van der Waals surface area contributed by atoms with Gasteiger partial charge in [0, 0.05) is 23.3 Å². The van der Waals surface area contributed by atoms with Crippen LogP contribution in [0.2, 0.25) is 5.02 Å². The van der Waals surface area contributed by atoms with Crippen LogP contribution in [0.5, 0.6) is 0 Å². The molecule has 55 heavy (non-hydrogen) atoms. The van der Waals surface area contributed by atoms with Crippen LogP contribution in [0.4, 0.5) is 4.79 Å². The molecule has 0 aliphatic rings. The van der Waals surface area contributed by atoms with Gasteiger partial charge < -0.3 is 24.7 Å². The first kappa shape index (κ1) is 38.5. The molecule has 2 amide bonds. The zero-order valence-electron chi connectivity index (χ0n) is 30.9. The Kier molecular flexibility index (Phi) is 12.1. The van der Waals surface area contributed by atoms with Gasteiger partial charge in [0.05, 0.1) is 6.33 Å². The molecule has 9 nitrogen and oxygen atoms in total. The van der Waals surface area contributed by atoms with Crippen molar-refractivity contribution in [2.75, 3.05) is 0 Å².